The number of hydrogen-bond donors (Lipinski definition) is 0. The highest BCUT2D eigenvalue weighted by Crippen LogP contribution is 2.52. The molecule has 4 atom stereocenters. The number of nitrogens with zero attached hydrogens (tertiary/aromatic N) is 3. The molecule has 9 heteroatoms. The fraction of sp³-hybridized carbons (Fsp3) is 0.450. The summed E-state index contributed by atoms with van der Waals surface area (Å²) in [6.45, 7) is 5.38. The third-order valence-corrected chi connectivity index (χ3v) is 6.01. The van der Waals surface area contributed by atoms with Crippen molar-refractivity contribution in [3.05, 3.63) is 44.4 Å². The van der Waals surface area contributed by atoms with Crippen molar-refractivity contribution in [2.45, 2.75) is 32.8 Å². The van der Waals surface area contributed by atoms with Crippen LogP contribution >= 0.6 is 15.9 Å². The van der Waals surface area contributed by atoms with Crippen LogP contribution in [0, 0.1) is 33.8 Å². The summed E-state index contributed by atoms with van der Waals surface area (Å²) in [7, 11) is 0. The lowest BCUT2D eigenvalue weighted by atomic mass is 9.85. The first-order chi connectivity index (χ1) is 13.6. The van der Waals surface area contributed by atoms with Crippen LogP contribution in [-0.4, -0.2) is 33.6 Å². The van der Waals surface area contributed by atoms with Crippen LogP contribution in [0.5, 0.6) is 5.75 Å². The highest BCUT2D eigenvalue weighted by atomic mass is 79.9. The van der Waals surface area contributed by atoms with Gasteiger partial charge in [-0.25, -0.2) is 0 Å². The normalized spacial score (nSPS) is 27.9. The van der Waals surface area contributed by atoms with Crippen molar-refractivity contribution in [3.8, 4) is 5.75 Å². The predicted molar refractivity (Wildman–Crippen MR) is 108 cm³/mol. The molecule has 2 bridgehead atoms. The Balaban J connectivity index is 1.61. The van der Waals surface area contributed by atoms with Gasteiger partial charge in [0, 0.05) is 11.6 Å². The average molecular weight is 462 g/mol. The van der Waals surface area contributed by atoms with Crippen molar-refractivity contribution in [1.29, 1.82) is 0 Å². The number of carbonyl (C=O) groups excluding carboxylic acids is 2. The van der Waals surface area contributed by atoms with Gasteiger partial charge in [-0.2, -0.15) is 10.1 Å². The first-order valence-corrected chi connectivity index (χ1v) is 10.1. The predicted octanol–water partition coefficient (Wildman–Crippen LogP) is 3.68. The van der Waals surface area contributed by atoms with Crippen LogP contribution in [-0.2, 0) is 9.59 Å². The summed E-state index contributed by atoms with van der Waals surface area (Å²) < 4.78 is 6.10. The minimum atomic E-state index is -0.623. The number of nitro groups is 1. The van der Waals surface area contributed by atoms with Gasteiger partial charge in [0.2, 0.25) is 5.75 Å². The molecule has 4 rings (SSSR count). The van der Waals surface area contributed by atoms with E-state index in [9.17, 15) is 19.7 Å². The number of ether oxygens (including phenoxy) is 1. The summed E-state index contributed by atoms with van der Waals surface area (Å²) in [5, 5.41) is 16.5. The quantitative estimate of drug-likeness (QED) is 0.223. The molecule has 1 aromatic rings. The van der Waals surface area contributed by atoms with Crippen LogP contribution < -0.4 is 4.74 Å². The van der Waals surface area contributed by atoms with E-state index in [1.165, 1.54) is 12.3 Å². The van der Waals surface area contributed by atoms with Gasteiger partial charge < -0.3 is 4.74 Å². The van der Waals surface area contributed by atoms with Crippen LogP contribution in [0.15, 0.2) is 33.9 Å². The summed E-state index contributed by atoms with van der Waals surface area (Å²) in [5.74, 6) is -0.943. The fourth-order valence-electron chi connectivity index (χ4n) is 4.34. The Bertz CT molecular complexity index is 951. The van der Waals surface area contributed by atoms with Crippen LogP contribution in [0.1, 0.15) is 32.8 Å². The standard InChI is InChI=1S/C20H20BrN3O5/c1-20(2,3)29-17-13(21)6-10(7-14(17)24(27)28)9-22-23-18(25)15-11-4-5-12(8-11)16(15)19(23)26/h4-7,9,11-12,15-16H,8H2,1-3H3. The molecule has 8 nitrogen and oxygen atoms in total. The Morgan fingerprint density at radius 2 is 1.79 bits per heavy atom. The van der Waals surface area contributed by atoms with E-state index in [0.29, 0.717) is 10.0 Å². The molecule has 1 heterocycles. The van der Waals surface area contributed by atoms with Crippen molar-refractivity contribution in [3.63, 3.8) is 0 Å². The molecule has 2 amide bonds. The molecule has 1 aliphatic heterocycles. The molecule has 1 aromatic carbocycles. The summed E-state index contributed by atoms with van der Waals surface area (Å²) in [4.78, 5) is 36.3. The van der Waals surface area contributed by atoms with Gasteiger partial charge >= 0.3 is 5.69 Å². The van der Waals surface area contributed by atoms with E-state index in [-0.39, 0.29) is 46.9 Å². The molecule has 152 valence electrons. The maximum absolute atomic E-state index is 12.7. The van der Waals surface area contributed by atoms with Crippen LogP contribution in [0.2, 0.25) is 0 Å². The number of imide groups is 1. The highest BCUT2D eigenvalue weighted by Gasteiger charge is 2.59. The Morgan fingerprint density at radius 3 is 2.31 bits per heavy atom. The van der Waals surface area contributed by atoms with Gasteiger partial charge in [-0.3, -0.25) is 19.7 Å². The molecule has 1 saturated heterocycles. The smallest absolute Gasteiger partial charge is 0.312 e. The van der Waals surface area contributed by atoms with Gasteiger partial charge in [0.1, 0.15) is 5.60 Å². The van der Waals surface area contributed by atoms with Crippen LogP contribution in [0.25, 0.3) is 0 Å². The van der Waals surface area contributed by atoms with Gasteiger partial charge in [-0.15, -0.1) is 0 Å². The number of hydrogen-bond acceptors (Lipinski definition) is 6. The molecule has 0 aromatic heterocycles. The third kappa shape index (κ3) is 3.37. The molecular formula is C20H20BrN3O5. The van der Waals surface area contributed by atoms with E-state index in [1.54, 1.807) is 26.8 Å². The molecule has 0 N–H and O–H groups in total. The first kappa shape index (κ1) is 19.8. The number of amides is 2. The monoisotopic (exact) mass is 461 g/mol. The second-order valence-corrected chi connectivity index (χ2v) is 9.41. The second kappa shape index (κ2) is 6.76. The molecule has 29 heavy (non-hydrogen) atoms. The van der Waals surface area contributed by atoms with E-state index in [0.717, 1.165) is 11.4 Å². The van der Waals surface area contributed by atoms with Crippen molar-refractivity contribution in [1.82, 2.24) is 5.01 Å². The molecule has 2 aliphatic carbocycles. The Morgan fingerprint density at radius 1 is 1.21 bits per heavy atom. The number of halogens is 1. The number of nitro benzene ring substituents is 1. The van der Waals surface area contributed by atoms with E-state index in [2.05, 4.69) is 21.0 Å². The van der Waals surface area contributed by atoms with Crippen LogP contribution in [0.4, 0.5) is 5.69 Å². The van der Waals surface area contributed by atoms with Crippen LogP contribution in [0.3, 0.4) is 0 Å². The minimum absolute atomic E-state index is 0.103. The summed E-state index contributed by atoms with van der Waals surface area (Å²) in [6, 6.07) is 2.92. The first-order valence-electron chi connectivity index (χ1n) is 9.34. The summed E-state index contributed by atoms with van der Waals surface area (Å²) in [6.07, 6.45) is 6.17. The molecule has 2 fully saturated rings. The van der Waals surface area contributed by atoms with Gasteiger partial charge in [0.15, 0.2) is 0 Å². The number of rotatable bonds is 4. The van der Waals surface area contributed by atoms with Gasteiger partial charge in [-0.05, 0) is 61.0 Å². The average Bonchev–Trinajstić information content (AvgIpc) is 3.29. The molecule has 1 saturated carbocycles. The van der Waals surface area contributed by atoms with Crippen molar-refractivity contribution >= 4 is 39.6 Å². The van der Waals surface area contributed by atoms with E-state index in [1.807, 2.05) is 12.2 Å². The highest BCUT2D eigenvalue weighted by molar-refractivity contribution is 9.10. The Hall–Kier alpha value is -2.55. The van der Waals surface area contributed by atoms with Crippen molar-refractivity contribution in [2.24, 2.45) is 28.8 Å². The van der Waals surface area contributed by atoms with E-state index < -0.39 is 10.5 Å². The molecule has 0 spiro atoms. The second-order valence-electron chi connectivity index (χ2n) is 8.56. The zero-order valence-electron chi connectivity index (χ0n) is 16.2. The molecular weight excluding hydrogens is 442 g/mol. The lowest BCUT2D eigenvalue weighted by molar-refractivity contribution is -0.386. The van der Waals surface area contributed by atoms with Gasteiger partial charge in [0.05, 0.1) is 27.4 Å². The SMILES string of the molecule is CC(C)(C)Oc1c(Br)cc(C=NN2C(=O)C3C4C=CC(C4)C3C2=O)cc1[N+](=O)[O-]. The number of benzene rings is 1. The minimum Gasteiger partial charge on any atom is -0.480 e. The van der Waals surface area contributed by atoms with Crippen molar-refractivity contribution in [2.75, 3.05) is 0 Å². The zero-order valence-corrected chi connectivity index (χ0v) is 17.8. The Kier molecular flexibility index (Phi) is 4.60. The largest absolute Gasteiger partial charge is 0.480 e. The maximum Gasteiger partial charge on any atom is 0.312 e. The van der Waals surface area contributed by atoms with Gasteiger partial charge in [0.25, 0.3) is 11.8 Å². The lowest BCUT2D eigenvalue weighted by Gasteiger charge is -2.22. The third-order valence-electron chi connectivity index (χ3n) is 5.42. The molecule has 0 radical (unpaired) electrons. The maximum atomic E-state index is 12.7. The fourth-order valence-corrected chi connectivity index (χ4v) is 4.89. The Labute approximate surface area is 175 Å². The van der Waals surface area contributed by atoms with E-state index in [4.69, 9.17) is 4.74 Å². The molecule has 3 aliphatic rings. The number of hydrazone groups is 1. The lowest BCUT2D eigenvalue weighted by Crippen LogP contribution is -2.28. The van der Waals surface area contributed by atoms with Crippen molar-refractivity contribution < 1.29 is 19.2 Å². The number of allylic oxidation sites excluding steroid dienone is 2. The molecule has 4 unspecified atom stereocenters. The zero-order chi connectivity index (χ0) is 21.1. The summed E-state index contributed by atoms with van der Waals surface area (Å²) in [5.41, 5.74) is -0.472. The summed E-state index contributed by atoms with van der Waals surface area (Å²) >= 11 is 3.31. The number of carbonyl (C=O) groups is 2. The topological polar surface area (TPSA) is 102 Å². The number of fused-ring (bicyclic) bond motifs is 5. The van der Waals surface area contributed by atoms with E-state index >= 15 is 0 Å². The van der Waals surface area contributed by atoms with Gasteiger partial charge in [-0.1, -0.05) is 12.2 Å².